The molecule has 0 unspecified atom stereocenters. The Kier molecular flexibility index (Phi) is 4.85. The second-order valence-corrected chi connectivity index (χ2v) is 5.14. The van der Waals surface area contributed by atoms with Gasteiger partial charge in [0.15, 0.2) is 11.6 Å². The summed E-state index contributed by atoms with van der Waals surface area (Å²) in [6.45, 7) is 3.65. The van der Waals surface area contributed by atoms with Crippen LogP contribution in [0.2, 0.25) is 5.15 Å². The van der Waals surface area contributed by atoms with Gasteiger partial charge in [0, 0.05) is 18.6 Å². The number of hydrogen-bond acceptors (Lipinski definition) is 3. The molecule has 0 saturated heterocycles. The summed E-state index contributed by atoms with van der Waals surface area (Å²) >= 11 is 5.94. The summed E-state index contributed by atoms with van der Waals surface area (Å²) < 4.78 is 0. The molecular formula is C16H17ClN2O. The molecule has 1 heterocycles. The molecule has 0 atom stereocenters. The van der Waals surface area contributed by atoms with Crippen molar-refractivity contribution in [3.05, 3.63) is 46.7 Å². The summed E-state index contributed by atoms with van der Waals surface area (Å²) in [5.74, 6) is 0.375. The molecule has 0 spiro atoms. The fraction of sp³-hybridized carbons (Fsp3) is 0.312. The molecule has 0 aliphatic heterocycles. The van der Waals surface area contributed by atoms with E-state index in [1.54, 1.807) is 0 Å². The van der Waals surface area contributed by atoms with Gasteiger partial charge in [-0.05, 0) is 18.4 Å². The number of carbonyl (C=O) groups excluding carboxylic acids is 1. The quantitative estimate of drug-likeness (QED) is 0.607. The molecule has 0 saturated carbocycles. The third-order valence-electron chi connectivity index (χ3n) is 3.09. The van der Waals surface area contributed by atoms with Crippen molar-refractivity contribution in [2.45, 2.75) is 33.1 Å². The van der Waals surface area contributed by atoms with Gasteiger partial charge in [-0.15, -0.1) is 0 Å². The first-order chi connectivity index (χ1) is 9.60. The standard InChI is InChI=1S/C16H17ClN2O/c1-3-4-5-12-6-8-13(9-7-12)16-18-14(11(2)20)10-15(17)19-16/h6-10H,3-5H2,1-2H3. The molecule has 0 bridgehead atoms. The van der Waals surface area contributed by atoms with Crippen LogP contribution >= 0.6 is 11.6 Å². The lowest BCUT2D eigenvalue weighted by molar-refractivity contribution is 0.101. The fourth-order valence-corrected chi connectivity index (χ4v) is 2.11. The highest BCUT2D eigenvalue weighted by Gasteiger charge is 2.09. The average Bonchev–Trinajstić information content (AvgIpc) is 2.45. The van der Waals surface area contributed by atoms with E-state index in [0.717, 1.165) is 12.0 Å². The van der Waals surface area contributed by atoms with E-state index in [-0.39, 0.29) is 10.9 Å². The Morgan fingerprint density at radius 2 is 1.90 bits per heavy atom. The number of aryl methyl sites for hydroxylation is 1. The molecule has 4 heteroatoms. The highest BCUT2D eigenvalue weighted by atomic mass is 35.5. The Bertz CT molecular complexity index is 608. The van der Waals surface area contributed by atoms with E-state index in [2.05, 4.69) is 29.0 Å². The Balaban J connectivity index is 2.29. The van der Waals surface area contributed by atoms with E-state index in [0.29, 0.717) is 11.5 Å². The maximum absolute atomic E-state index is 11.4. The number of unbranched alkanes of at least 4 members (excludes halogenated alkanes) is 1. The number of rotatable bonds is 5. The van der Waals surface area contributed by atoms with Gasteiger partial charge in [0.05, 0.1) is 0 Å². The fourth-order valence-electron chi connectivity index (χ4n) is 1.93. The van der Waals surface area contributed by atoms with Crippen LogP contribution < -0.4 is 0 Å². The predicted octanol–water partition coefficient (Wildman–Crippen LogP) is 4.34. The van der Waals surface area contributed by atoms with Gasteiger partial charge in [-0.2, -0.15) is 0 Å². The van der Waals surface area contributed by atoms with Crippen LogP contribution in [0.5, 0.6) is 0 Å². The topological polar surface area (TPSA) is 42.9 Å². The summed E-state index contributed by atoms with van der Waals surface area (Å²) in [6.07, 6.45) is 3.44. The van der Waals surface area contributed by atoms with Crippen LogP contribution in [-0.4, -0.2) is 15.8 Å². The Labute approximate surface area is 124 Å². The van der Waals surface area contributed by atoms with Crippen molar-refractivity contribution in [3.8, 4) is 11.4 Å². The minimum atomic E-state index is -0.116. The maximum Gasteiger partial charge on any atom is 0.178 e. The first kappa shape index (κ1) is 14.7. The number of halogens is 1. The van der Waals surface area contributed by atoms with Crippen molar-refractivity contribution < 1.29 is 4.79 Å². The number of nitrogens with zero attached hydrogens (tertiary/aromatic N) is 2. The molecule has 0 aliphatic rings. The zero-order valence-corrected chi connectivity index (χ0v) is 12.4. The predicted molar refractivity (Wildman–Crippen MR) is 81.1 cm³/mol. The molecule has 0 amide bonds. The SMILES string of the molecule is CCCCc1ccc(-c2nc(Cl)cc(C(C)=O)n2)cc1. The van der Waals surface area contributed by atoms with Crippen LogP contribution in [0.1, 0.15) is 42.7 Å². The molecule has 1 aromatic heterocycles. The van der Waals surface area contributed by atoms with Gasteiger partial charge >= 0.3 is 0 Å². The van der Waals surface area contributed by atoms with Gasteiger partial charge in [-0.1, -0.05) is 49.2 Å². The third kappa shape index (κ3) is 3.64. The second-order valence-electron chi connectivity index (χ2n) is 4.76. The average molecular weight is 289 g/mol. The lowest BCUT2D eigenvalue weighted by Gasteiger charge is -2.05. The van der Waals surface area contributed by atoms with E-state index < -0.39 is 0 Å². The lowest BCUT2D eigenvalue weighted by Crippen LogP contribution is -2.00. The molecular weight excluding hydrogens is 272 g/mol. The third-order valence-corrected chi connectivity index (χ3v) is 3.28. The van der Waals surface area contributed by atoms with Gasteiger partial charge in [-0.3, -0.25) is 4.79 Å². The summed E-state index contributed by atoms with van der Waals surface area (Å²) in [4.78, 5) is 19.8. The first-order valence-electron chi connectivity index (χ1n) is 6.75. The van der Waals surface area contributed by atoms with Crippen molar-refractivity contribution in [3.63, 3.8) is 0 Å². The van der Waals surface area contributed by atoms with Gasteiger partial charge < -0.3 is 0 Å². The summed E-state index contributed by atoms with van der Waals surface area (Å²) in [7, 11) is 0. The number of aromatic nitrogens is 2. The number of carbonyl (C=O) groups is 1. The summed E-state index contributed by atoms with van der Waals surface area (Å²) in [5, 5.41) is 0.287. The zero-order valence-electron chi connectivity index (χ0n) is 11.7. The second kappa shape index (κ2) is 6.62. The van der Waals surface area contributed by atoms with Crippen LogP contribution in [0.25, 0.3) is 11.4 Å². The minimum Gasteiger partial charge on any atom is -0.293 e. The lowest BCUT2D eigenvalue weighted by atomic mass is 10.1. The Morgan fingerprint density at radius 1 is 1.20 bits per heavy atom. The van der Waals surface area contributed by atoms with Crippen LogP contribution in [-0.2, 0) is 6.42 Å². The smallest absolute Gasteiger partial charge is 0.178 e. The van der Waals surface area contributed by atoms with Crippen molar-refractivity contribution >= 4 is 17.4 Å². The number of ketones is 1. The highest BCUT2D eigenvalue weighted by Crippen LogP contribution is 2.19. The molecule has 1 aromatic carbocycles. The normalized spacial score (nSPS) is 10.6. The van der Waals surface area contributed by atoms with E-state index in [9.17, 15) is 4.79 Å². The molecule has 0 N–H and O–H groups in total. The summed E-state index contributed by atoms with van der Waals surface area (Å²) in [5.41, 5.74) is 2.51. The molecule has 2 rings (SSSR count). The van der Waals surface area contributed by atoms with Crippen LogP contribution in [0, 0.1) is 0 Å². The van der Waals surface area contributed by atoms with E-state index in [1.165, 1.54) is 31.4 Å². The minimum absolute atomic E-state index is 0.116. The number of benzene rings is 1. The first-order valence-corrected chi connectivity index (χ1v) is 7.12. The molecule has 0 aliphatic carbocycles. The Morgan fingerprint density at radius 3 is 2.50 bits per heavy atom. The van der Waals surface area contributed by atoms with Crippen LogP contribution in [0.4, 0.5) is 0 Å². The number of Topliss-reactive ketones (excluding diaryl/α,β-unsaturated/α-hetero) is 1. The summed E-state index contributed by atoms with van der Waals surface area (Å²) in [6, 6.07) is 9.58. The van der Waals surface area contributed by atoms with Gasteiger partial charge in [0.2, 0.25) is 0 Å². The van der Waals surface area contributed by atoms with Crippen LogP contribution in [0.3, 0.4) is 0 Å². The zero-order chi connectivity index (χ0) is 14.5. The van der Waals surface area contributed by atoms with Gasteiger partial charge in [0.1, 0.15) is 10.8 Å². The van der Waals surface area contributed by atoms with Gasteiger partial charge in [-0.25, -0.2) is 9.97 Å². The highest BCUT2D eigenvalue weighted by molar-refractivity contribution is 6.29. The van der Waals surface area contributed by atoms with Crippen molar-refractivity contribution in [2.24, 2.45) is 0 Å². The number of hydrogen-bond donors (Lipinski definition) is 0. The molecule has 104 valence electrons. The van der Waals surface area contributed by atoms with Crippen molar-refractivity contribution in [1.29, 1.82) is 0 Å². The van der Waals surface area contributed by atoms with E-state index >= 15 is 0 Å². The van der Waals surface area contributed by atoms with Crippen molar-refractivity contribution in [1.82, 2.24) is 9.97 Å². The monoisotopic (exact) mass is 288 g/mol. The molecule has 0 fully saturated rings. The molecule has 2 aromatic rings. The molecule has 0 radical (unpaired) electrons. The van der Waals surface area contributed by atoms with E-state index in [4.69, 9.17) is 11.6 Å². The maximum atomic E-state index is 11.4. The van der Waals surface area contributed by atoms with Crippen LogP contribution in [0.15, 0.2) is 30.3 Å². The van der Waals surface area contributed by atoms with E-state index in [1.807, 2.05) is 12.1 Å². The van der Waals surface area contributed by atoms with Crippen molar-refractivity contribution in [2.75, 3.05) is 0 Å². The molecule has 3 nitrogen and oxygen atoms in total. The largest absolute Gasteiger partial charge is 0.293 e. The Hall–Kier alpha value is -1.74. The van der Waals surface area contributed by atoms with Gasteiger partial charge in [0.25, 0.3) is 0 Å². The molecule has 20 heavy (non-hydrogen) atoms.